The second-order valence-corrected chi connectivity index (χ2v) is 8.01. The lowest BCUT2D eigenvalue weighted by Crippen LogP contribution is -2.34. The van der Waals surface area contributed by atoms with Crippen molar-refractivity contribution in [1.29, 1.82) is 0 Å². The molecule has 0 aromatic heterocycles. The number of esters is 1. The van der Waals surface area contributed by atoms with Crippen LogP contribution in [0.4, 0.5) is 10.5 Å². The SMILES string of the molecule is COC(=O)CN1C(=O)S/C(=C\c2ccccc2OCC(=O)Nc2ccc(C)c(C)c2)C1=O. The van der Waals surface area contributed by atoms with Crippen molar-refractivity contribution in [3.8, 4) is 5.75 Å². The van der Waals surface area contributed by atoms with Gasteiger partial charge in [-0.25, -0.2) is 0 Å². The maximum Gasteiger partial charge on any atom is 0.325 e. The van der Waals surface area contributed by atoms with Crippen molar-refractivity contribution >= 4 is 46.5 Å². The van der Waals surface area contributed by atoms with Crippen LogP contribution in [-0.2, 0) is 19.1 Å². The van der Waals surface area contributed by atoms with E-state index in [-0.39, 0.29) is 17.4 Å². The Morgan fingerprint density at radius 1 is 1.09 bits per heavy atom. The van der Waals surface area contributed by atoms with Gasteiger partial charge in [0, 0.05) is 11.3 Å². The molecule has 1 aliphatic rings. The number of ether oxygens (including phenoxy) is 2. The van der Waals surface area contributed by atoms with Gasteiger partial charge in [-0.2, -0.15) is 0 Å². The van der Waals surface area contributed by atoms with E-state index in [2.05, 4.69) is 10.1 Å². The molecule has 1 fully saturated rings. The highest BCUT2D eigenvalue weighted by Crippen LogP contribution is 2.33. The fraction of sp³-hybridized carbons (Fsp3) is 0.217. The Kier molecular flexibility index (Phi) is 7.32. The average Bonchev–Trinajstić information content (AvgIpc) is 3.03. The first-order chi connectivity index (χ1) is 15.3. The number of carbonyl (C=O) groups excluding carboxylic acids is 4. The Morgan fingerprint density at radius 2 is 1.84 bits per heavy atom. The monoisotopic (exact) mass is 454 g/mol. The Labute approximate surface area is 189 Å². The first-order valence-electron chi connectivity index (χ1n) is 9.69. The molecule has 0 aliphatic carbocycles. The van der Waals surface area contributed by atoms with Crippen LogP contribution in [0.1, 0.15) is 16.7 Å². The highest BCUT2D eigenvalue weighted by Gasteiger charge is 2.36. The molecule has 2 aromatic rings. The molecule has 1 heterocycles. The fourth-order valence-electron chi connectivity index (χ4n) is 2.86. The summed E-state index contributed by atoms with van der Waals surface area (Å²) in [6.07, 6.45) is 1.50. The predicted molar refractivity (Wildman–Crippen MR) is 121 cm³/mol. The molecule has 0 atom stereocenters. The molecule has 2 aromatic carbocycles. The van der Waals surface area contributed by atoms with E-state index < -0.39 is 23.7 Å². The minimum absolute atomic E-state index is 0.148. The molecule has 3 rings (SSSR count). The number of amides is 3. The summed E-state index contributed by atoms with van der Waals surface area (Å²) in [6.45, 7) is 3.27. The molecule has 3 amide bonds. The van der Waals surface area contributed by atoms with E-state index in [4.69, 9.17) is 4.74 Å². The van der Waals surface area contributed by atoms with Crippen molar-refractivity contribution in [2.75, 3.05) is 25.6 Å². The third-order valence-electron chi connectivity index (χ3n) is 4.74. The molecule has 0 bridgehead atoms. The number of benzene rings is 2. The van der Waals surface area contributed by atoms with Gasteiger partial charge in [-0.1, -0.05) is 24.3 Å². The molecule has 0 spiro atoms. The van der Waals surface area contributed by atoms with Crippen LogP contribution in [0.5, 0.6) is 5.75 Å². The number of nitrogens with one attached hydrogen (secondary N) is 1. The lowest BCUT2D eigenvalue weighted by Gasteiger charge is -2.11. The number of thioether (sulfide) groups is 1. The minimum Gasteiger partial charge on any atom is -0.483 e. The minimum atomic E-state index is -0.688. The van der Waals surface area contributed by atoms with Crippen LogP contribution in [-0.4, -0.2) is 48.2 Å². The number of nitrogens with zero attached hydrogens (tertiary/aromatic N) is 1. The lowest BCUT2D eigenvalue weighted by atomic mass is 10.1. The van der Waals surface area contributed by atoms with Gasteiger partial charge in [0.05, 0.1) is 12.0 Å². The maximum absolute atomic E-state index is 12.5. The second kappa shape index (κ2) is 10.1. The molecule has 8 nitrogen and oxygen atoms in total. The predicted octanol–water partition coefficient (Wildman–Crippen LogP) is 3.53. The molecule has 9 heteroatoms. The van der Waals surface area contributed by atoms with Gasteiger partial charge in [-0.3, -0.25) is 24.1 Å². The van der Waals surface area contributed by atoms with Gasteiger partial charge in [-0.15, -0.1) is 0 Å². The first kappa shape index (κ1) is 23.1. The Hall–Kier alpha value is -3.59. The van der Waals surface area contributed by atoms with Crippen LogP contribution in [0.3, 0.4) is 0 Å². The van der Waals surface area contributed by atoms with Crippen LogP contribution in [0.25, 0.3) is 6.08 Å². The van der Waals surface area contributed by atoms with Gasteiger partial charge in [-0.05, 0) is 61.0 Å². The van der Waals surface area contributed by atoms with Crippen molar-refractivity contribution in [2.24, 2.45) is 0 Å². The highest BCUT2D eigenvalue weighted by molar-refractivity contribution is 8.18. The average molecular weight is 455 g/mol. The molecule has 32 heavy (non-hydrogen) atoms. The number of carbonyl (C=O) groups is 4. The fourth-order valence-corrected chi connectivity index (χ4v) is 3.69. The number of hydrogen-bond acceptors (Lipinski definition) is 7. The van der Waals surface area contributed by atoms with Crippen LogP contribution < -0.4 is 10.1 Å². The van der Waals surface area contributed by atoms with Crippen molar-refractivity contribution in [1.82, 2.24) is 4.90 Å². The molecular formula is C23H22N2O6S. The molecule has 1 saturated heterocycles. The van der Waals surface area contributed by atoms with Gasteiger partial charge in [0.25, 0.3) is 17.1 Å². The number of aryl methyl sites for hydroxylation is 2. The van der Waals surface area contributed by atoms with Gasteiger partial charge in [0.2, 0.25) is 0 Å². The van der Waals surface area contributed by atoms with E-state index in [9.17, 15) is 19.2 Å². The summed E-state index contributed by atoms with van der Waals surface area (Å²) in [4.78, 5) is 49.3. The van der Waals surface area contributed by atoms with Crippen LogP contribution >= 0.6 is 11.8 Å². The second-order valence-electron chi connectivity index (χ2n) is 7.02. The summed E-state index contributed by atoms with van der Waals surface area (Å²) < 4.78 is 10.2. The number of rotatable bonds is 7. The summed E-state index contributed by atoms with van der Waals surface area (Å²) in [5.41, 5.74) is 3.39. The summed E-state index contributed by atoms with van der Waals surface area (Å²) in [6, 6.07) is 12.5. The zero-order valence-corrected chi connectivity index (χ0v) is 18.7. The van der Waals surface area contributed by atoms with Gasteiger partial charge >= 0.3 is 5.97 Å². The normalized spacial score (nSPS) is 14.6. The zero-order valence-electron chi connectivity index (χ0n) is 17.8. The Balaban J connectivity index is 1.68. The molecule has 1 N–H and O–H groups in total. The van der Waals surface area contributed by atoms with E-state index >= 15 is 0 Å². The smallest absolute Gasteiger partial charge is 0.325 e. The molecule has 166 valence electrons. The van der Waals surface area contributed by atoms with Gasteiger partial charge in [0.1, 0.15) is 12.3 Å². The quantitative estimate of drug-likeness (QED) is 0.504. The van der Waals surface area contributed by atoms with E-state index in [1.165, 1.54) is 13.2 Å². The maximum atomic E-state index is 12.5. The molecule has 0 unspecified atom stereocenters. The number of para-hydroxylation sites is 1. The summed E-state index contributed by atoms with van der Waals surface area (Å²) in [5.74, 6) is -1.23. The van der Waals surface area contributed by atoms with Crippen LogP contribution in [0.15, 0.2) is 47.4 Å². The summed E-state index contributed by atoms with van der Waals surface area (Å²) in [5, 5.41) is 2.22. The summed E-state index contributed by atoms with van der Waals surface area (Å²) in [7, 11) is 1.18. The zero-order chi connectivity index (χ0) is 23.3. The van der Waals surface area contributed by atoms with Gasteiger partial charge < -0.3 is 14.8 Å². The third kappa shape index (κ3) is 5.55. The van der Waals surface area contributed by atoms with Crippen molar-refractivity contribution in [2.45, 2.75) is 13.8 Å². The lowest BCUT2D eigenvalue weighted by molar-refractivity contribution is -0.143. The standard InChI is InChI=1S/C23H22N2O6S/c1-14-8-9-17(10-15(14)2)24-20(26)13-31-18-7-5-4-6-16(18)11-19-22(28)25(23(29)32-19)12-21(27)30-3/h4-11H,12-13H2,1-3H3,(H,24,26)/b19-11-. The van der Waals surface area contributed by atoms with Gasteiger partial charge in [0.15, 0.2) is 6.61 Å². The largest absolute Gasteiger partial charge is 0.483 e. The third-order valence-corrected chi connectivity index (χ3v) is 5.65. The van der Waals surface area contributed by atoms with E-state index in [0.29, 0.717) is 17.0 Å². The number of methoxy groups -OCH3 is 1. The van der Waals surface area contributed by atoms with Crippen molar-refractivity contribution in [3.05, 3.63) is 64.1 Å². The Morgan fingerprint density at radius 3 is 2.56 bits per heavy atom. The summed E-state index contributed by atoms with van der Waals surface area (Å²) >= 11 is 0.722. The van der Waals surface area contributed by atoms with Crippen LogP contribution in [0, 0.1) is 13.8 Å². The van der Waals surface area contributed by atoms with Crippen LogP contribution in [0.2, 0.25) is 0 Å². The molecule has 0 saturated carbocycles. The molecule has 1 aliphatic heterocycles. The topological polar surface area (TPSA) is 102 Å². The van der Waals surface area contributed by atoms with Crippen molar-refractivity contribution < 1.29 is 28.7 Å². The van der Waals surface area contributed by atoms with E-state index in [0.717, 1.165) is 27.8 Å². The highest BCUT2D eigenvalue weighted by atomic mass is 32.2. The van der Waals surface area contributed by atoms with E-state index in [1.54, 1.807) is 24.3 Å². The van der Waals surface area contributed by atoms with Crippen molar-refractivity contribution in [3.63, 3.8) is 0 Å². The number of imide groups is 1. The first-order valence-corrected chi connectivity index (χ1v) is 10.5. The molecule has 0 radical (unpaired) electrons. The Bertz CT molecular complexity index is 1110. The number of anilines is 1. The molecular weight excluding hydrogens is 432 g/mol. The number of hydrogen-bond donors (Lipinski definition) is 1. The van der Waals surface area contributed by atoms with E-state index in [1.807, 2.05) is 32.0 Å².